The van der Waals surface area contributed by atoms with Crippen LogP contribution in [-0.2, 0) is 52.5 Å². The van der Waals surface area contributed by atoms with Gasteiger partial charge in [0.05, 0.1) is 65.8 Å². The Morgan fingerprint density at radius 2 is 0.947 bits per heavy atom. The van der Waals surface area contributed by atoms with Crippen LogP contribution in [0.25, 0.3) is 0 Å². The highest BCUT2D eigenvalue weighted by Crippen LogP contribution is 2.04. The molecule has 0 aliphatic carbocycles. The third kappa shape index (κ3) is 29.4. The van der Waals surface area contributed by atoms with Crippen LogP contribution in [0.4, 0.5) is 0 Å². The molecule has 0 aromatic carbocycles. The van der Waals surface area contributed by atoms with Crippen LogP contribution in [0.3, 0.4) is 0 Å². The van der Waals surface area contributed by atoms with Gasteiger partial charge in [-0.15, -0.1) is 0 Å². The van der Waals surface area contributed by atoms with E-state index < -0.39 is 35.8 Å². The lowest BCUT2D eigenvalue weighted by Crippen LogP contribution is -2.52. The highest BCUT2D eigenvalue weighted by atomic mass is 16.5. The van der Waals surface area contributed by atoms with E-state index in [-0.39, 0.29) is 104 Å². The van der Waals surface area contributed by atoms with Gasteiger partial charge in [0.15, 0.2) is 0 Å². The lowest BCUT2D eigenvalue weighted by Gasteiger charge is -2.33. The van der Waals surface area contributed by atoms with Crippen molar-refractivity contribution in [1.82, 2.24) is 35.6 Å². The predicted octanol–water partition coefficient (Wildman–Crippen LogP) is -2.53. The molecule has 0 radical (unpaired) electrons. The lowest BCUT2D eigenvalue weighted by atomic mass is 10.1. The molecule has 57 heavy (non-hydrogen) atoms. The van der Waals surface area contributed by atoms with E-state index in [9.17, 15) is 44.1 Å². The maximum Gasteiger partial charge on any atom is 0.317 e. The van der Waals surface area contributed by atoms with E-state index >= 15 is 0 Å². The van der Waals surface area contributed by atoms with Gasteiger partial charge in [0.25, 0.3) is 0 Å². The van der Waals surface area contributed by atoms with Gasteiger partial charge in [-0.2, -0.15) is 0 Å². The van der Waals surface area contributed by atoms with Crippen molar-refractivity contribution < 1.29 is 67.8 Å². The van der Waals surface area contributed by atoms with Crippen LogP contribution in [0.2, 0.25) is 0 Å². The fourth-order valence-electron chi connectivity index (χ4n) is 5.60. The number of aliphatic carboxylic acids is 3. The molecule has 1 heterocycles. The molecule has 6 N–H and O–H groups in total. The van der Waals surface area contributed by atoms with Gasteiger partial charge in [0.1, 0.15) is 6.04 Å². The molecule has 0 saturated carbocycles. The summed E-state index contributed by atoms with van der Waals surface area (Å²) in [5, 5.41) is 36.8. The van der Waals surface area contributed by atoms with Gasteiger partial charge in [0.2, 0.25) is 17.7 Å². The number of carbonyl (C=O) groups is 6. The number of hydrogen-bond donors (Lipinski definition) is 6. The average molecular weight is 822 g/mol. The van der Waals surface area contributed by atoms with Crippen molar-refractivity contribution in [3.8, 4) is 0 Å². The Morgan fingerprint density at radius 1 is 0.544 bits per heavy atom. The van der Waals surface area contributed by atoms with Crippen molar-refractivity contribution in [1.29, 1.82) is 0 Å². The Kier molecular flexibility index (Phi) is 30.2. The number of hydrogen-bond acceptors (Lipinski definition) is 15. The molecule has 1 fully saturated rings. The minimum atomic E-state index is -1.06. The molecule has 330 valence electrons. The summed E-state index contributed by atoms with van der Waals surface area (Å²) in [6.07, 6.45) is 1.07. The number of ether oxygens (including phenoxy) is 5. The molecule has 0 spiro atoms. The van der Waals surface area contributed by atoms with E-state index in [1.807, 2.05) is 6.92 Å². The number of amides is 3. The molecule has 21 heteroatoms. The van der Waals surface area contributed by atoms with Gasteiger partial charge >= 0.3 is 17.9 Å². The highest BCUT2D eigenvalue weighted by Gasteiger charge is 2.25. The molecule has 1 saturated heterocycles. The second-order valence-corrected chi connectivity index (χ2v) is 13.3. The first-order chi connectivity index (χ1) is 27.4. The van der Waals surface area contributed by atoms with Crippen LogP contribution in [0.5, 0.6) is 0 Å². The maximum atomic E-state index is 13.5. The van der Waals surface area contributed by atoms with Crippen molar-refractivity contribution in [3.63, 3.8) is 0 Å². The molecule has 1 aliphatic rings. The molecule has 0 aromatic rings. The van der Waals surface area contributed by atoms with E-state index in [4.69, 9.17) is 23.7 Å². The minimum absolute atomic E-state index is 0.0230. The van der Waals surface area contributed by atoms with Gasteiger partial charge < -0.3 is 55.0 Å². The monoisotopic (exact) mass is 821 g/mol. The van der Waals surface area contributed by atoms with E-state index in [1.165, 1.54) is 0 Å². The molecule has 1 aliphatic heterocycles. The number of carboxylic acids is 3. The second kappa shape index (κ2) is 33.4. The molecule has 0 aromatic heterocycles. The van der Waals surface area contributed by atoms with Gasteiger partial charge in [-0.3, -0.25) is 48.4 Å². The fraction of sp³-hybridized carbons (Fsp3) is 0.833. The van der Waals surface area contributed by atoms with Crippen LogP contribution < -0.4 is 16.0 Å². The number of nitrogens with one attached hydrogen (secondary N) is 3. The Morgan fingerprint density at radius 3 is 1.39 bits per heavy atom. The first-order valence-electron chi connectivity index (χ1n) is 19.6. The summed E-state index contributed by atoms with van der Waals surface area (Å²) in [6, 6.07) is -1.04. The summed E-state index contributed by atoms with van der Waals surface area (Å²) >= 11 is 0. The summed E-state index contributed by atoms with van der Waals surface area (Å²) in [6.45, 7) is 7.42. The van der Waals surface area contributed by atoms with Crippen molar-refractivity contribution >= 4 is 35.6 Å². The van der Waals surface area contributed by atoms with Gasteiger partial charge in [0, 0.05) is 98.8 Å². The Balaban J connectivity index is 2.92. The first-order valence-corrected chi connectivity index (χ1v) is 19.6. The van der Waals surface area contributed by atoms with Crippen molar-refractivity contribution in [2.24, 2.45) is 0 Å². The third-order valence-corrected chi connectivity index (χ3v) is 8.62. The maximum absolute atomic E-state index is 13.5. The second-order valence-electron chi connectivity index (χ2n) is 13.3. The molecular weight excluding hydrogens is 754 g/mol. The number of methoxy groups -OCH3 is 1. The van der Waals surface area contributed by atoms with Crippen molar-refractivity contribution in [3.05, 3.63) is 0 Å². The van der Waals surface area contributed by atoms with E-state index in [2.05, 4.69) is 16.0 Å². The Labute approximate surface area is 335 Å². The van der Waals surface area contributed by atoms with Crippen molar-refractivity contribution in [2.45, 2.75) is 38.6 Å². The normalized spacial score (nSPS) is 15.9. The predicted molar refractivity (Wildman–Crippen MR) is 206 cm³/mol. The van der Waals surface area contributed by atoms with Crippen LogP contribution in [0.15, 0.2) is 0 Å². The van der Waals surface area contributed by atoms with Crippen LogP contribution in [0, 0.1) is 0 Å². The van der Waals surface area contributed by atoms with Gasteiger partial charge in [-0.05, 0) is 26.2 Å². The van der Waals surface area contributed by atoms with Crippen LogP contribution >= 0.6 is 0 Å². The largest absolute Gasteiger partial charge is 0.480 e. The number of rotatable bonds is 31. The van der Waals surface area contributed by atoms with E-state index in [1.54, 1.807) is 26.7 Å². The van der Waals surface area contributed by atoms with Crippen LogP contribution in [0.1, 0.15) is 32.6 Å². The molecule has 0 bridgehead atoms. The molecule has 3 amide bonds. The topological polar surface area (TPSA) is 258 Å². The van der Waals surface area contributed by atoms with Crippen LogP contribution in [-0.4, -0.2) is 235 Å². The molecule has 0 unspecified atom stereocenters. The minimum Gasteiger partial charge on any atom is -0.480 e. The number of carboxylic acid groups (broad SMARTS) is 3. The summed E-state index contributed by atoms with van der Waals surface area (Å²) in [5.41, 5.74) is 0. The number of nitrogens with zero attached hydrogens (tertiary/aromatic N) is 4. The van der Waals surface area contributed by atoms with E-state index in [0.29, 0.717) is 78.8 Å². The summed E-state index contributed by atoms with van der Waals surface area (Å²) in [7, 11) is 1.59. The SMILES string of the molecule is CCOCCOCCCNC(=O)CC[C@H](NC(=O)CN1CCN(CC(=O)O)CCN(CC(=O)O)CCN(CC(=O)O)CC1)C(=O)NCCCOCCOCCOC. The Bertz CT molecular complexity index is 1120. The quantitative estimate of drug-likeness (QED) is 0.0394. The number of carbonyl (C=O) groups excluding carboxylic acids is 3. The zero-order valence-corrected chi connectivity index (χ0v) is 33.8. The molecular formula is C36H67N7O14. The standard InChI is InChI=1S/C36H67N7O14/c1-3-54-22-23-55-18-4-8-37-31(44)7-6-30(36(52)38-9-5-19-56-24-25-57-21-20-53-2)39-32(45)26-40-10-12-41(27-33(46)47)14-16-43(29-35(50)51)17-15-42(13-11-40)28-34(48)49/h30H,3-29H2,1-2H3,(H,37,44)(H,38,52)(H,39,45)(H,46,47)(H,48,49)(H,50,51)/t30-/m0/s1. The zero-order valence-electron chi connectivity index (χ0n) is 33.8. The first kappa shape index (κ1) is 51.5. The van der Waals surface area contributed by atoms with E-state index in [0.717, 1.165) is 0 Å². The third-order valence-electron chi connectivity index (χ3n) is 8.62. The molecule has 21 nitrogen and oxygen atoms in total. The fourth-order valence-corrected chi connectivity index (χ4v) is 5.60. The molecule has 1 atom stereocenters. The van der Waals surface area contributed by atoms with Gasteiger partial charge in [-0.1, -0.05) is 0 Å². The lowest BCUT2D eigenvalue weighted by molar-refractivity contribution is -0.140. The highest BCUT2D eigenvalue weighted by molar-refractivity contribution is 5.89. The summed E-state index contributed by atoms with van der Waals surface area (Å²) in [5.74, 6) is -4.45. The smallest absolute Gasteiger partial charge is 0.317 e. The molecule has 1 rings (SSSR count). The van der Waals surface area contributed by atoms with Gasteiger partial charge in [-0.25, -0.2) is 0 Å². The zero-order chi connectivity index (χ0) is 42.1. The Hall–Kier alpha value is -3.54. The van der Waals surface area contributed by atoms with Crippen molar-refractivity contribution in [2.75, 3.05) is 158 Å². The summed E-state index contributed by atoms with van der Waals surface area (Å²) in [4.78, 5) is 81.0. The average Bonchev–Trinajstić information content (AvgIpc) is 3.15. The summed E-state index contributed by atoms with van der Waals surface area (Å²) < 4.78 is 26.5.